The fourth-order valence-corrected chi connectivity index (χ4v) is 2.92. The van der Waals surface area contributed by atoms with E-state index in [1.807, 2.05) is 0 Å². The van der Waals surface area contributed by atoms with Gasteiger partial charge < -0.3 is 14.6 Å². The van der Waals surface area contributed by atoms with Crippen molar-refractivity contribution in [1.82, 2.24) is 0 Å². The topological polar surface area (TPSA) is 87.7 Å². The van der Waals surface area contributed by atoms with Crippen molar-refractivity contribution in [3.8, 4) is 17.1 Å². The normalized spacial score (nSPS) is 12.5. The summed E-state index contributed by atoms with van der Waals surface area (Å²) in [7, 11) is 0. The summed E-state index contributed by atoms with van der Waals surface area (Å²) in [6.07, 6.45) is 4.51. The fourth-order valence-electron chi connectivity index (χ4n) is 2.92. The molecule has 0 saturated carbocycles. The molecule has 1 aliphatic heterocycles. The molecule has 0 bridgehead atoms. The predicted octanol–water partition coefficient (Wildman–Crippen LogP) is 4.20. The number of allylic oxidation sites excluding steroid dienone is 3. The first kappa shape index (κ1) is 17.2. The van der Waals surface area contributed by atoms with E-state index in [0.29, 0.717) is 33.4 Å². The Morgan fingerprint density at radius 3 is 2.65 bits per heavy atom. The first-order valence-electron chi connectivity index (χ1n) is 7.85. The lowest BCUT2D eigenvalue weighted by molar-refractivity contribution is -0.132. The number of carboxylic acids is 1. The Hall–Kier alpha value is -3.60. The molecule has 130 valence electrons. The lowest BCUT2D eigenvalue weighted by Crippen LogP contribution is -2.04. The molecule has 0 spiro atoms. The molecule has 0 amide bonds. The van der Waals surface area contributed by atoms with E-state index < -0.39 is 5.97 Å². The summed E-state index contributed by atoms with van der Waals surface area (Å²) in [5.41, 5.74) is 1.98. The largest absolute Gasteiger partial charge is 0.508 e. The van der Waals surface area contributed by atoms with Crippen LogP contribution in [0, 0.1) is 0 Å². The van der Waals surface area contributed by atoms with Crippen molar-refractivity contribution >= 4 is 22.5 Å². The third-order valence-corrected chi connectivity index (χ3v) is 4.09. The molecule has 2 aliphatic rings. The van der Waals surface area contributed by atoms with Gasteiger partial charge >= 0.3 is 5.97 Å². The van der Waals surface area contributed by atoms with Crippen LogP contribution in [0.3, 0.4) is 0 Å². The van der Waals surface area contributed by atoms with E-state index >= 15 is 0 Å². The van der Waals surface area contributed by atoms with Crippen molar-refractivity contribution in [3.63, 3.8) is 0 Å². The average molecular weight is 348 g/mol. The maximum Gasteiger partial charge on any atom is 0.335 e. The minimum Gasteiger partial charge on any atom is -0.508 e. The van der Waals surface area contributed by atoms with Gasteiger partial charge in [0.2, 0.25) is 0 Å². The summed E-state index contributed by atoms with van der Waals surface area (Å²) < 4.78 is 5.76. The number of fused-ring (bicyclic) bond motifs is 2. The molecule has 26 heavy (non-hydrogen) atoms. The second-order valence-corrected chi connectivity index (χ2v) is 5.75. The van der Waals surface area contributed by atoms with Crippen LogP contribution in [0.2, 0.25) is 0 Å². The van der Waals surface area contributed by atoms with Gasteiger partial charge in [-0.1, -0.05) is 18.7 Å². The third kappa shape index (κ3) is 3.02. The fraction of sp³-hybridized carbons (Fsp3) is 0.0476. The molecule has 1 aromatic carbocycles. The molecule has 0 fully saturated rings. The number of carboxylic acid groups (broad SMARTS) is 1. The quantitative estimate of drug-likeness (QED) is 0.419. The molecule has 2 N–H and O–H groups in total. The molecule has 0 saturated heterocycles. The van der Waals surface area contributed by atoms with Crippen LogP contribution >= 0.6 is 0 Å². The van der Waals surface area contributed by atoms with E-state index in [2.05, 4.69) is 6.58 Å². The van der Waals surface area contributed by atoms with E-state index in [4.69, 9.17) is 4.42 Å². The van der Waals surface area contributed by atoms with E-state index in [-0.39, 0.29) is 16.8 Å². The molecular weight excluding hydrogens is 332 g/mol. The Kier molecular flexibility index (Phi) is 4.45. The number of aliphatic carboxylic acids is 1. The zero-order valence-corrected chi connectivity index (χ0v) is 14.0. The highest BCUT2D eigenvalue weighted by Crippen LogP contribution is 2.39. The first-order chi connectivity index (χ1) is 12.4. The smallest absolute Gasteiger partial charge is 0.335 e. The molecule has 5 heteroatoms. The van der Waals surface area contributed by atoms with Gasteiger partial charge in [0.15, 0.2) is 5.43 Å². The average Bonchev–Trinajstić information content (AvgIpc) is 2.59. The third-order valence-electron chi connectivity index (χ3n) is 4.09. The van der Waals surface area contributed by atoms with Gasteiger partial charge in [-0.3, -0.25) is 4.79 Å². The molecule has 5 nitrogen and oxygen atoms in total. The summed E-state index contributed by atoms with van der Waals surface area (Å²) in [6.45, 7) is 5.26. The molecule has 1 aliphatic carbocycles. The van der Waals surface area contributed by atoms with Crippen LogP contribution in [0.4, 0.5) is 0 Å². The van der Waals surface area contributed by atoms with Gasteiger partial charge in [0, 0.05) is 28.6 Å². The van der Waals surface area contributed by atoms with E-state index in [0.717, 1.165) is 0 Å². The van der Waals surface area contributed by atoms with Crippen LogP contribution in [0.1, 0.15) is 12.5 Å². The van der Waals surface area contributed by atoms with Crippen LogP contribution in [0.5, 0.6) is 5.75 Å². The van der Waals surface area contributed by atoms with E-state index in [9.17, 15) is 19.8 Å². The van der Waals surface area contributed by atoms with Gasteiger partial charge in [-0.15, -0.1) is 0 Å². The van der Waals surface area contributed by atoms with Crippen molar-refractivity contribution in [3.05, 3.63) is 82.6 Å². The highest BCUT2D eigenvalue weighted by molar-refractivity contribution is 6.06. The Bertz CT molecular complexity index is 1110. The van der Waals surface area contributed by atoms with Crippen molar-refractivity contribution in [1.29, 1.82) is 0 Å². The maximum absolute atomic E-state index is 11.7. The second kappa shape index (κ2) is 6.72. The molecule has 1 heterocycles. The Morgan fingerprint density at radius 1 is 1.19 bits per heavy atom. The minimum atomic E-state index is -1.08. The molecular formula is C21H16O5. The van der Waals surface area contributed by atoms with Gasteiger partial charge in [0.1, 0.15) is 17.1 Å². The molecule has 0 atom stereocenters. The van der Waals surface area contributed by atoms with Gasteiger partial charge in [-0.2, -0.15) is 0 Å². The lowest BCUT2D eigenvalue weighted by Gasteiger charge is -2.16. The lowest BCUT2D eigenvalue weighted by atomic mass is 9.91. The van der Waals surface area contributed by atoms with Crippen LogP contribution in [-0.2, 0) is 4.79 Å². The zero-order chi connectivity index (χ0) is 18.8. The predicted molar refractivity (Wildman–Crippen MR) is 100 cm³/mol. The van der Waals surface area contributed by atoms with Crippen LogP contribution < -0.4 is 5.43 Å². The number of phenolic OH excluding ortho intramolecular Hbond substituents is 1. The van der Waals surface area contributed by atoms with Crippen LogP contribution in [0.15, 0.2) is 76.0 Å². The number of aromatic hydroxyl groups is 1. The van der Waals surface area contributed by atoms with Crippen molar-refractivity contribution in [2.75, 3.05) is 0 Å². The molecule has 3 rings (SSSR count). The summed E-state index contributed by atoms with van der Waals surface area (Å²) in [5.74, 6) is -0.749. The first-order valence-corrected chi connectivity index (χ1v) is 7.85. The highest BCUT2D eigenvalue weighted by atomic mass is 16.4. The Balaban J connectivity index is 2.49. The standard InChI is InChI=1S/C21H16O5/c1-3-4-5-15(21(24)25)12(2)20-16-8-6-13(22)10-18(16)26-19-11-14(23)7-9-17(19)20/h3-11,22H,1H2,2H3,(H,24,25)/b5-4-,15-12-. The van der Waals surface area contributed by atoms with Crippen LogP contribution in [0.25, 0.3) is 27.9 Å². The van der Waals surface area contributed by atoms with Gasteiger partial charge in [0.05, 0.1) is 5.57 Å². The van der Waals surface area contributed by atoms with Crippen LogP contribution in [-0.4, -0.2) is 16.2 Å². The maximum atomic E-state index is 11.7. The minimum absolute atomic E-state index is 0.0106. The monoisotopic (exact) mass is 348 g/mol. The number of rotatable bonds is 4. The van der Waals surface area contributed by atoms with Gasteiger partial charge in [-0.05, 0) is 42.8 Å². The van der Waals surface area contributed by atoms with Gasteiger partial charge in [-0.25, -0.2) is 4.79 Å². The second-order valence-electron chi connectivity index (χ2n) is 5.75. The summed E-state index contributed by atoms with van der Waals surface area (Å²) in [4.78, 5) is 23.5. The Morgan fingerprint density at radius 2 is 1.96 bits per heavy atom. The molecule has 0 unspecified atom stereocenters. The van der Waals surface area contributed by atoms with Crippen molar-refractivity contribution in [2.24, 2.45) is 0 Å². The highest BCUT2D eigenvalue weighted by Gasteiger charge is 2.20. The number of hydrogen-bond acceptors (Lipinski definition) is 4. The summed E-state index contributed by atoms with van der Waals surface area (Å²) >= 11 is 0. The Labute approximate surface area is 149 Å². The SMILES string of the molecule is C=C/C=C\C(C(=O)O)=C(/C)c1c2ccc(=O)cc-2oc2cc(O)ccc12. The van der Waals surface area contributed by atoms with Crippen molar-refractivity contribution in [2.45, 2.75) is 6.92 Å². The number of carbonyl (C=O) groups is 1. The van der Waals surface area contributed by atoms with Gasteiger partial charge in [0.25, 0.3) is 0 Å². The zero-order valence-electron chi connectivity index (χ0n) is 14.0. The summed E-state index contributed by atoms with van der Waals surface area (Å²) in [5, 5.41) is 20.0. The number of benzene rings is 2. The summed E-state index contributed by atoms with van der Waals surface area (Å²) in [6, 6.07) is 8.96. The molecule has 0 aromatic heterocycles. The molecule has 1 aromatic rings. The van der Waals surface area contributed by atoms with Crippen molar-refractivity contribution < 1.29 is 19.4 Å². The molecule has 0 radical (unpaired) electrons. The van der Waals surface area contributed by atoms with E-state index in [1.165, 1.54) is 36.4 Å². The number of hydrogen-bond donors (Lipinski definition) is 2. The van der Waals surface area contributed by atoms with E-state index in [1.54, 1.807) is 25.1 Å². The number of phenols is 1.